The van der Waals surface area contributed by atoms with E-state index in [1.54, 1.807) is 0 Å². The van der Waals surface area contributed by atoms with Gasteiger partial charge in [-0.15, -0.1) is 12.4 Å². The van der Waals surface area contributed by atoms with E-state index >= 15 is 0 Å². The molecule has 0 aliphatic heterocycles. The number of halogens is 3. The van der Waals surface area contributed by atoms with Gasteiger partial charge in [0, 0.05) is 0 Å². The van der Waals surface area contributed by atoms with E-state index in [9.17, 15) is 22.0 Å². The Morgan fingerprint density at radius 2 is 1.83 bits per heavy atom. The smallest absolute Gasteiger partial charge is 0.277 e. The van der Waals surface area contributed by atoms with Crippen molar-refractivity contribution in [3.63, 3.8) is 0 Å². The van der Waals surface area contributed by atoms with Gasteiger partial charge in [0.1, 0.15) is 5.75 Å². The summed E-state index contributed by atoms with van der Waals surface area (Å²) < 4.78 is 49.2. The summed E-state index contributed by atoms with van der Waals surface area (Å²) >= 11 is 0. The molecule has 0 heterocycles. The lowest BCUT2D eigenvalue weighted by atomic mass is 10.1. The summed E-state index contributed by atoms with van der Waals surface area (Å²) in [7, 11) is -3.61. The third-order valence-electron chi connectivity index (χ3n) is 2.96. The van der Waals surface area contributed by atoms with Gasteiger partial charge in [-0.05, 0) is 18.4 Å². The fraction of sp³-hybridized carbons (Fsp3) is 0.500. The highest BCUT2D eigenvalue weighted by molar-refractivity contribution is 7.92. The molecule has 0 atom stereocenters. The molecule has 1 amide bonds. The minimum absolute atomic E-state index is 0. The van der Waals surface area contributed by atoms with Crippen LogP contribution in [0.2, 0.25) is 0 Å². The van der Waals surface area contributed by atoms with Crippen molar-refractivity contribution in [3.8, 4) is 0 Å². The second-order valence-electron chi connectivity index (χ2n) is 5.02. The maximum Gasteiger partial charge on any atom is 0.277 e. The summed E-state index contributed by atoms with van der Waals surface area (Å²) in [5.74, 6) is -5.12. The van der Waals surface area contributed by atoms with E-state index in [1.807, 2.05) is 35.6 Å². The zero-order valence-electron chi connectivity index (χ0n) is 12.5. The lowest BCUT2D eigenvalue weighted by Gasteiger charge is -2.14. The number of nitrogens with one attached hydrogen (secondary N) is 1. The first-order chi connectivity index (χ1) is 10.2. The number of amides is 1. The van der Waals surface area contributed by atoms with Crippen molar-refractivity contribution in [2.45, 2.75) is 18.8 Å². The van der Waals surface area contributed by atoms with Gasteiger partial charge in [0.25, 0.3) is 5.92 Å². The van der Waals surface area contributed by atoms with Crippen LogP contribution in [0.4, 0.5) is 8.78 Å². The molecule has 0 aliphatic rings. The minimum atomic E-state index is -3.61. The van der Waals surface area contributed by atoms with Gasteiger partial charge in [-0.25, -0.2) is 17.2 Å². The van der Waals surface area contributed by atoms with Crippen LogP contribution >= 0.6 is 12.4 Å². The van der Waals surface area contributed by atoms with Gasteiger partial charge in [0.2, 0.25) is 5.91 Å². The summed E-state index contributed by atoms with van der Waals surface area (Å²) in [5.41, 5.74) is 5.83. The highest BCUT2D eigenvalue weighted by Gasteiger charge is 2.28. The Morgan fingerprint density at radius 1 is 1.22 bits per heavy atom. The molecule has 0 bridgehead atoms. The Bertz CT molecular complexity index is 583. The molecule has 0 radical (unpaired) electrons. The van der Waals surface area contributed by atoms with Crippen molar-refractivity contribution < 1.29 is 22.0 Å². The Labute approximate surface area is 141 Å². The summed E-state index contributed by atoms with van der Waals surface area (Å²) in [6.07, 6.45) is 0.950. The van der Waals surface area contributed by atoms with Crippen molar-refractivity contribution >= 4 is 28.2 Å². The molecule has 0 saturated heterocycles. The standard InChI is InChI=1S/C14H20F2N2O3S.ClH/c15-14(16,10-17)11-18-13(19)9-22(20,21)8-4-7-12-5-2-1-3-6-12;/h1-3,5-6H,4,7-11,17H2,(H,18,19);1H. The molecule has 23 heavy (non-hydrogen) atoms. The molecule has 0 spiro atoms. The summed E-state index contributed by atoms with van der Waals surface area (Å²) in [4.78, 5) is 11.4. The van der Waals surface area contributed by atoms with Gasteiger partial charge < -0.3 is 11.1 Å². The van der Waals surface area contributed by atoms with Crippen molar-refractivity contribution in [2.75, 3.05) is 24.6 Å². The van der Waals surface area contributed by atoms with Crippen LogP contribution in [0.1, 0.15) is 12.0 Å². The van der Waals surface area contributed by atoms with Crippen LogP contribution < -0.4 is 11.1 Å². The highest BCUT2D eigenvalue weighted by Crippen LogP contribution is 2.09. The molecular formula is C14H21ClF2N2O3S. The third kappa shape index (κ3) is 9.47. The van der Waals surface area contributed by atoms with Crippen molar-refractivity contribution in [3.05, 3.63) is 35.9 Å². The SMILES string of the molecule is Cl.NCC(F)(F)CNC(=O)CS(=O)(=O)CCCc1ccccc1. The van der Waals surface area contributed by atoms with Crippen molar-refractivity contribution in [1.29, 1.82) is 0 Å². The number of rotatable bonds is 9. The number of aryl methyl sites for hydroxylation is 1. The summed E-state index contributed by atoms with van der Waals surface area (Å²) in [6.45, 7) is -1.86. The molecule has 9 heteroatoms. The van der Waals surface area contributed by atoms with Gasteiger partial charge in [-0.2, -0.15) is 0 Å². The number of benzene rings is 1. The van der Waals surface area contributed by atoms with Crippen LogP contribution in [0.15, 0.2) is 30.3 Å². The number of carbonyl (C=O) groups is 1. The van der Waals surface area contributed by atoms with E-state index in [2.05, 4.69) is 0 Å². The van der Waals surface area contributed by atoms with Crippen LogP contribution in [0.25, 0.3) is 0 Å². The number of hydrogen-bond donors (Lipinski definition) is 2. The normalized spacial score (nSPS) is 11.6. The van der Waals surface area contributed by atoms with Crippen LogP contribution in [0.3, 0.4) is 0 Å². The minimum Gasteiger partial charge on any atom is -0.349 e. The van der Waals surface area contributed by atoms with E-state index in [0.29, 0.717) is 12.8 Å². The molecule has 0 saturated carbocycles. The zero-order chi connectivity index (χ0) is 16.6. The first-order valence-corrected chi connectivity index (χ1v) is 8.65. The number of carbonyl (C=O) groups excluding carboxylic acids is 1. The largest absolute Gasteiger partial charge is 0.349 e. The first-order valence-electron chi connectivity index (χ1n) is 6.83. The van der Waals surface area contributed by atoms with Gasteiger partial charge in [-0.1, -0.05) is 30.3 Å². The lowest BCUT2D eigenvalue weighted by Crippen LogP contribution is -2.43. The molecule has 5 nitrogen and oxygen atoms in total. The lowest BCUT2D eigenvalue weighted by molar-refractivity contribution is -0.120. The Balaban J connectivity index is 0.00000484. The van der Waals surface area contributed by atoms with Gasteiger partial charge in [0.05, 0.1) is 18.8 Å². The molecular weight excluding hydrogens is 350 g/mol. The first kappa shape index (κ1) is 21.8. The Morgan fingerprint density at radius 3 is 2.39 bits per heavy atom. The van der Waals surface area contributed by atoms with E-state index in [4.69, 9.17) is 5.73 Å². The van der Waals surface area contributed by atoms with Gasteiger partial charge >= 0.3 is 0 Å². The average Bonchev–Trinajstić information content (AvgIpc) is 2.46. The average molecular weight is 371 g/mol. The quantitative estimate of drug-likeness (QED) is 0.682. The monoisotopic (exact) mass is 370 g/mol. The van der Waals surface area contributed by atoms with E-state index in [-0.39, 0.29) is 18.2 Å². The molecule has 0 aliphatic carbocycles. The van der Waals surface area contributed by atoms with Gasteiger partial charge in [-0.3, -0.25) is 4.79 Å². The molecule has 0 unspecified atom stereocenters. The van der Waals surface area contributed by atoms with Crippen molar-refractivity contribution in [1.82, 2.24) is 5.32 Å². The van der Waals surface area contributed by atoms with E-state index < -0.39 is 40.5 Å². The third-order valence-corrected chi connectivity index (χ3v) is 4.57. The summed E-state index contributed by atoms with van der Waals surface area (Å²) in [6, 6.07) is 9.34. The van der Waals surface area contributed by atoms with Gasteiger partial charge in [0.15, 0.2) is 9.84 Å². The fourth-order valence-corrected chi connectivity index (χ4v) is 2.99. The molecule has 1 rings (SSSR count). The van der Waals surface area contributed by atoms with Crippen LogP contribution in [0.5, 0.6) is 0 Å². The number of hydrogen-bond acceptors (Lipinski definition) is 4. The predicted octanol–water partition coefficient (Wildman–Crippen LogP) is 1.17. The van der Waals surface area contributed by atoms with Crippen molar-refractivity contribution in [2.24, 2.45) is 5.73 Å². The number of alkyl halides is 2. The molecule has 0 fully saturated rings. The molecule has 1 aromatic rings. The summed E-state index contributed by atoms with van der Waals surface area (Å²) in [5, 5.41) is 1.89. The molecule has 1 aromatic carbocycles. The number of nitrogens with two attached hydrogens (primary N) is 1. The van der Waals surface area contributed by atoms with Crippen LogP contribution in [-0.4, -0.2) is 44.8 Å². The van der Waals surface area contributed by atoms with E-state index in [0.717, 1.165) is 5.56 Å². The topological polar surface area (TPSA) is 89.3 Å². The zero-order valence-corrected chi connectivity index (χ0v) is 14.1. The molecule has 132 valence electrons. The Hall–Kier alpha value is -1.25. The van der Waals surface area contributed by atoms with E-state index in [1.165, 1.54) is 0 Å². The maximum absolute atomic E-state index is 12.8. The molecule has 0 aromatic heterocycles. The van der Waals surface area contributed by atoms with Crippen LogP contribution in [0, 0.1) is 0 Å². The number of sulfone groups is 1. The second-order valence-corrected chi connectivity index (χ2v) is 7.20. The predicted molar refractivity (Wildman–Crippen MR) is 87.7 cm³/mol. The second kappa shape index (κ2) is 9.79. The fourth-order valence-electron chi connectivity index (χ4n) is 1.76. The van der Waals surface area contributed by atoms with Crippen LogP contribution in [-0.2, 0) is 21.1 Å². The maximum atomic E-state index is 12.8. The molecule has 3 N–H and O–H groups in total. The Kier molecular flexibility index (Phi) is 9.26. The highest BCUT2D eigenvalue weighted by atomic mass is 35.5.